The first-order valence-corrected chi connectivity index (χ1v) is 7.55. The number of carbonyl (C=O) groups excluding carboxylic acids is 4. The second kappa shape index (κ2) is 8.27. The Kier molecular flexibility index (Phi) is 6.69. The van der Waals surface area contributed by atoms with Crippen molar-refractivity contribution in [3.05, 3.63) is 0 Å². The average molecular weight is 342 g/mol. The van der Waals surface area contributed by atoms with Crippen LogP contribution >= 0.6 is 0 Å². The molecule has 24 heavy (non-hydrogen) atoms. The Bertz CT molecular complexity index is 549. The molecule has 0 unspecified atom stereocenters. The molecule has 1 fully saturated rings. The highest BCUT2D eigenvalue weighted by atomic mass is 16.4. The third kappa shape index (κ3) is 5.52. The predicted molar refractivity (Wildman–Crippen MR) is 81.6 cm³/mol. The minimum absolute atomic E-state index is 0.141. The van der Waals surface area contributed by atoms with E-state index in [0.29, 0.717) is 0 Å². The van der Waals surface area contributed by atoms with Gasteiger partial charge < -0.3 is 26.4 Å². The smallest absolute Gasteiger partial charge is 0.303 e. The maximum atomic E-state index is 12.2. The molecule has 0 radical (unpaired) electrons. The van der Waals surface area contributed by atoms with Gasteiger partial charge in [0.1, 0.15) is 24.2 Å². The van der Waals surface area contributed by atoms with Gasteiger partial charge in [-0.2, -0.15) is 0 Å². The van der Waals surface area contributed by atoms with Crippen LogP contribution in [0.15, 0.2) is 0 Å². The molecule has 0 aliphatic carbocycles. The van der Waals surface area contributed by atoms with Crippen LogP contribution < -0.4 is 21.3 Å². The largest absolute Gasteiger partial charge is 0.481 e. The molecular weight excluding hydrogens is 320 g/mol. The molecule has 1 rings (SSSR count). The molecule has 4 amide bonds. The van der Waals surface area contributed by atoms with Crippen molar-refractivity contribution in [3.8, 4) is 0 Å². The summed E-state index contributed by atoms with van der Waals surface area (Å²) in [7, 11) is 0. The van der Waals surface area contributed by atoms with Gasteiger partial charge in [-0.3, -0.25) is 24.0 Å². The summed E-state index contributed by atoms with van der Waals surface area (Å²) in [6.07, 6.45) is -0.477. The van der Waals surface area contributed by atoms with Crippen LogP contribution in [0.3, 0.4) is 0 Å². The van der Waals surface area contributed by atoms with E-state index in [4.69, 9.17) is 5.11 Å². The van der Waals surface area contributed by atoms with E-state index < -0.39 is 53.8 Å². The molecule has 5 N–H and O–H groups in total. The number of amides is 4. The summed E-state index contributed by atoms with van der Waals surface area (Å²) in [5, 5.41) is 18.4. The second-order valence-corrected chi connectivity index (χ2v) is 5.68. The minimum atomic E-state index is -1.12. The lowest BCUT2D eigenvalue weighted by Gasteiger charge is -2.25. The Morgan fingerprint density at radius 1 is 0.792 bits per heavy atom. The molecule has 10 heteroatoms. The SMILES string of the molecule is C[C@@H]1NC(=O)[C@H](C)NC(=O)[C@H](CCC(=O)O)NC(=O)[C@H](C)NC1=O. The summed E-state index contributed by atoms with van der Waals surface area (Å²) in [5.74, 6) is -3.53. The van der Waals surface area contributed by atoms with E-state index in [1.54, 1.807) is 0 Å². The number of hydrogen-bond acceptors (Lipinski definition) is 5. The van der Waals surface area contributed by atoms with Crippen LogP contribution in [0.25, 0.3) is 0 Å². The standard InChI is InChI=1S/C14H22N4O6/c1-6-11(21)16-8(3)13(23)18-9(4-5-10(19)20)14(24)17-7(2)12(22)15-6/h6-9H,4-5H2,1-3H3,(H,15,22)(H,16,21)(H,17,24)(H,18,23)(H,19,20)/t6-,7-,8-,9-/m0/s1. The Morgan fingerprint density at radius 3 is 1.58 bits per heavy atom. The van der Waals surface area contributed by atoms with Gasteiger partial charge in [-0.15, -0.1) is 0 Å². The minimum Gasteiger partial charge on any atom is -0.481 e. The molecule has 0 aromatic carbocycles. The fraction of sp³-hybridized carbons (Fsp3) is 0.643. The van der Waals surface area contributed by atoms with Gasteiger partial charge in [0, 0.05) is 6.42 Å². The summed E-state index contributed by atoms with van der Waals surface area (Å²) in [4.78, 5) is 58.9. The zero-order chi connectivity index (χ0) is 18.4. The quantitative estimate of drug-likeness (QED) is 0.394. The number of carboxylic acid groups (broad SMARTS) is 1. The highest BCUT2D eigenvalue weighted by molar-refractivity contribution is 5.97. The maximum Gasteiger partial charge on any atom is 0.303 e. The number of hydrogen-bond donors (Lipinski definition) is 5. The van der Waals surface area contributed by atoms with Gasteiger partial charge in [0.25, 0.3) is 0 Å². The first kappa shape index (κ1) is 19.4. The van der Waals surface area contributed by atoms with E-state index in [1.807, 2.05) is 0 Å². The average Bonchev–Trinajstić information content (AvgIpc) is 2.49. The number of carboxylic acids is 1. The molecule has 0 spiro atoms. The van der Waals surface area contributed by atoms with Crippen LogP contribution in [0.4, 0.5) is 0 Å². The van der Waals surface area contributed by atoms with E-state index in [9.17, 15) is 24.0 Å². The van der Waals surface area contributed by atoms with E-state index in [1.165, 1.54) is 20.8 Å². The molecular formula is C14H22N4O6. The Labute approximate surface area is 138 Å². The molecule has 1 aliphatic rings. The van der Waals surface area contributed by atoms with Crippen LogP contribution in [0.5, 0.6) is 0 Å². The van der Waals surface area contributed by atoms with Crippen molar-refractivity contribution < 1.29 is 29.1 Å². The zero-order valence-electron chi connectivity index (χ0n) is 13.7. The topological polar surface area (TPSA) is 154 Å². The number of nitrogens with one attached hydrogen (secondary N) is 4. The summed E-state index contributed by atoms with van der Waals surface area (Å²) >= 11 is 0. The van der Waals surface area contributed by atoms with Gasteiger partial charge in [0.05, 0.1) is 0 Å². The first-order chi connectivity index (χ1) is 11.1. The van der Waals surface area contributed by atoms with Crippen LogP contribution in [-0.4, -0.2) is 58.9 Å². The van der Waals surface area contributed by atoms with E-state index in [0.717, 1.165) is 0 Å². The zero-order valence-corrected chi connectivity index (χ0v) is 13.7. The summed E-state index contributed by atoms with van der Waals surface area (Å²) < 4.78 is 0. The molecule has 0 aromatic rings. The Morgan fingerprint density at radius 2 is 1.17 bits per heavy atom. The van der Waals surface area contributed by atoms with Crippen molar-refractivity contribution in [2.75, 3.05) is 0 Å². The van der Waals surface area contributed by atoms with Gasteiger partial charge in [0.15, 0.2) is 0 Å². The van der Waals surface area contributed by atoms with Crippen molar-refractivity contribution in [1.82, 2.24) is 21.3 Å². The summed E-state index contributed by atoms with van der Waals surface area (Å²) in [6, 6.07) is -3.91. The number of aliphatic carboxylic acids is 1. The summed E-state index contributed by atoms with van der Waals surface area (Å²) in [5.41, 5.74) is 0. The maximum absolute atomic E-state index is 12.2. The monoisotopic (exact) mass is 342 g/mol. The lowest BCUT2D eigenvalue weighted by atomic mass is 10.1. The molecule has 4 atom stereocenters. The lowest BCUT2D eigenvalue weighted by molar-refractivity contribution is -0.138. The van der Waals surface area contributed by atoms with Crippen LogP contribution in [0.1, 0.15) is 33.6 Å². The molecule has 0 aromatic heterocycles. The first-order valence-electron chi connectivity index (χ1n) is 7.55. The normalized spacial score (nSPS) is 29.3. The molecule has 10 nitrogen and oxygen atoms in total. The van der Waals surface area contributed by atoms with Crippen molar-refractivity contribution in [2.45, 2.75) is 57.8 Å². The Balaban J connectivity index is 2.99. The van der Waals surface area contributed by atoms with Crippen LogP contribution in [0, 0.1) is 0 Å². The molecule has 134 valence electrons. The van der Waals surface area contributed by atoms with Crippen LogP contribution in [0.2, 0.25) is 0 Å². The van der Waals surface area contributed by atoms with Gasteiger partial charge in [-0.25, -0.2) is 0 Å². The fourth-order valence-electron chi connectivity index (χ4n) is 2.02. The number of carbonyl (C=O) groups is 5. The third-order valence-electron chi connectivity index (χ3n) is 3.54. The van der Waals surface area contributed by atoms with Gasteiger partial charge in [0.2, 0.25) is 23.6 Å². The molecule has 1 heterocycles. The molecule has 1 saturated heterocycles. The molecule has 1 aliphatic heterocycles. The summed E-state index contributed by atoms with van der Waals surface area (Å²) in [6.45, 7) is 4.29. The van der Waals surface area contributed by atoms with Crippen molar-refractivity contribution >= 4 is 29.6 Å². The molecule has 0 bridgehead atoms. The van der Waals surface area contributed by atoms with Crippen molar-refractivity contribution in [3.63, 3.8) is 0 Å². The third-order valence-corrected chi connectivity index (χ3v) is 3.54. The highest BCUT2D eigenvalue weighted by Crippen LogP contribution is 2.02. The van der Waals surface area contributed by atoms with E-state index in [-0.39, 0.29) is 12.8 Å². The van der Waals surface area contributed by atoms with Gasteiger partial charge in [-0.1, -0.05) is 0 Å². The van der Waals surface area contributed by atoms with E-state index >= 15 is 0 Å². The highest BCUT2D eigenvalue weighted by Gasteiger charge is 2.30. The fourth-order valence-corrected chi connectivity index (χ4v) is 2.02. The van der Waals surface area contributed by atoms with Gasteiger partial charge >= 0.3 is 5.97 Å². The predicted octanol–water partition coefficient (Wildman–Crippen LogP) is -2.14. The molecule has 0 saturated carbocycles. The Hall–Kier alpha value is -2.65. The van der Waals surface area contributed by atoms with Gasteiger partial charge in [-0.05, 0) is 27.2 Å². The van der Waals surface area contributed by atoms with E-state index in [2.05, 4.69) is 21.3 Å². The van der Waals surface area contributed by atoms with Crippen LogP contribution in [-0.2, 0) is 24.0 Å². The van der Waals surface area contributed by atoms with Crippen molar-refractivity contribution in [1.29, 1.82) is 0 Å². The lowest BCUT2D eigenvalue weighted by Crippen LogP contribution is -2.60. The second-order valence-electron chi connectivity index (χ2n) is 5.68. The number of rotatable bonds is 3. The van der Waals surface area contributed by atoms with Crippen molar-refractivity contribution in [2.24, 2.45) is 0 Å².